The van der Waals surface area contributed by atoms with Crippen molar-refractivity contribution in [2.24, 2.45) is 0 Å². The number of nitrogens with one attached hydrogen (secondary N) is 1. The molecule has 1 N–H and O–H groups in total. The quantitative estimate of drug-likeness (QED) is 0.596. The van der Waals surface area contributed by atoms with E-state index in [9.17, 15) is 8.78 Å². The Morgan fingerprint density at radius 3 is 2.52 bits per heavy atom. The first kappa shape index (κ1) is 21.7. The lowest BCUT2D eigenvalue weighted by atomic mass is 9.93. The summed E-state index contributed by atoms with van der Waals surface area (Å²) in [6.07, 6.45) is 5.36. The second-order valence-corrected chi connectivity index (χ2v) is 8.29. The highest BCUT2D eigenvalue weighted by Crippen LogP contribution is 2.36. The molecule has 10 heteroatoms. The monoisotopic (exact) mass is 456 g/mol. The van der Waals surface area contributed by atoms with Gasteiger partial charge in [-0.25, -0.2) is 18.7 Å². The normalized spacial score (nSPS) is 21.4. The highest BCUT2D eigenvalue weighted by molar-refractivity contribution is 5.89. The Kier molecular flexibility index (Phi) is 6.43. The predicted octanol–water partition coefficient (Wildman–Crippen LogP) is 4.00. The number of hydrogen-bond donors (Lipinski definition) is 1. The number of anilines is 2. The Hall–Kier alpha value is -3.14. The van der Waals surface area contributed by atoms with E-state index in [1.807, 2.05) is 0 Å². The first-order chi connectivity index (χ1) is 16.2. The summed E-state index contributed by atoms with van der Waals surface area (Å²) in [5.41, 5.74) is 0.364. The van der Waals surface area contributed by atoms with Crippen LogP contribution in [0.3, 0.4) is 0 Å². The van der Waals surface area contributed by atoms with Crippen LogP contribution in [0.15, 0.2) is 36.8 Å². The van der Waals surface area contributed by atoms with E-state index >= 15 is 0 Å². The van der Waals surface area contributed by atoms with Crippen molar-refractivity contribution in [3.63, 3.8) is 0 Å². The summed E-state index contributed by atoms with van der Waals surface area (Å²) < 4.78 is 39.3. The summed E-state index contributed by atoms with van der Waals surface area (Å²) in [5.74, 6) is 1.52. The molecule has 2 fully saturated rings. The maximum Gasteiger partial charge on any atom is 0.264 e. The third-order valence-electron chi connectivity index (χ3n) is 6.13. The third kappa shape index (κ3) is 4.95. The molecule has 2 aliphatic rings. The molecule has 5 rings (SSSR count). The van der Waals surface area contributed by atoms with E-state index in [2.05, 4.69) is 30.2 Å². The molecule has 1 aliphatic heterocycles. The smallest absolute Gasteiger partial charge is 0.264 e. The molecule has 0 atom stereocenters. The molecule has 0 amide bonds. The number of halogens is 2. The maximum atomic E-state index is 13.8. The van der Waals surface area contributed by atoms with E-state index in [1.54, 1.807) is 24.5 Å². The van der Waals surface area contributed by atoms with Gasteiger partial charge in [0.25, 0.3) is 6.43 Å². The number of fused-ring (bicyclic) bond motifs is 1. The maximum absolute atomic E-state index is 13.8. The van der Waals surface area contributed by atoms with Gasteiger partial charge in [0.05, 0.1) is 24.1 Å². The number of rotatable bonds is 6. The number of hydrogen-bond acceptors (Lipinski definition) is 8. The fourth-order valence-electron chi connectivity index (χ4n) is 4.41. The molecule has 4 heterocycles. The van der Waals surface area contributed by atoms with Crippen molar-refractivity contribution in [3.05, 3.63) is 42.4 Å². The summed E-state index contributed by atoms with van der Waals surface area (Å²) in [5, 5.41) is 3.64. The van der Waals surface area contributed by atoms with Gasteiger partial charge in [-0.1, -0.05) is 0 Å². The number of morpholine rings is 1. The van der Waals surface area contributed by atoms with Gasteiger partial charge in [0.15, 0.2) is 0 Å². The second kappa shape index (κ2) is 9.78. The average Bonchev–Trinajstić information content (AvgIpc) is 2.86. The second-order valence-electron chi connectivity index (χ2n) is 8.29. The first-order valence-corrected chi connectivity index (χ1v) is 11.3. The lowest BCUT2D eigenvalue weighted by Gasteiger charge is -2.31. The molecule has 0 aromatic carbocycles. The van der Waals surface area contributed by atoms with Crippen molar-refractivity contribution in [3.8, 4) is 5.88 Å². The predicted molar refractivity (Wildman–Crippen MR) is 120 cm³/mol. The molecule has 0 bridgehead atoms. The largest absolute Gasteiger partial charge is 0.474 e. The van der Waals surface area contributed by atoms with Crippen molar-refractivity contribution in [2.45, 2.75) is 44.3 Å². The molecule has 1 aliphatic carbocycles. The molecular weight excluding hydrogens is 430 g/mol. The number of ether oxygens (including phenoxy) is 2. The molecule has 174 valence electrons. The van der Waals surface area contributed by atoms with Crippen LogP contribution in [0.4, 0.5) is 20.5 Å². The molecule has 0 radical (unpaired) electrons. The van der Waals surface area contributed by atoms with Gasteiger partial charge in [-0.2, -0.15) is 4.98 Å². The van der Waals surface area contributed by atoms with Gasteiger partial charge in [0.1, 0.15) is 11.9 Å². The van der Waals surface area contributed by atoms with Gasteiger partial charge in [-0.15, -0.1) is 0 Å². The molecule has 1 saturated carbocycles. The number of pyridine rings is 2. The Labute approximate surface area is 190 Å². The van der Waals surface area contributed by atoms with Gasteiger partial charge in [0, 0.05) is 49.4 Å². The SMILES string of the molecule is FC(F)c1ccnc2cc(N3CCOCC3)nc(OC3CCC(Nc4ncccn4)CC3)c12. The van der Waals surface area contributed by atoms with E-state index in [-0.39, 0.29) is 23.6 Å². The Morgan fingerprint density at radius 2 is 1.79 bits per heavy atom. The van der Waals surface area contributed by atoms with E-state index in [4.69, 9.17) is 9.47 Å². The molecule has 8 nitrogen and oxygen atoms in total. The molecule has 33 heavy (non-hydrogen) atoms. The van der Waals surface area contributed by atoms with Crippen LogP contribution in [0, 0.1) is 0 Å². The van der Waals surface area contributed by atoms with Crippen molar-refractivity contribution in [1.82, 2.24) is 19.9 Å². The third-order valence-corrected chi connectivity index (χ3v) is 6.13. The number of aromatic nitrogens is 4. The van der Waals surface area contributed by atoms with Crippen molar-refractivity contribution < 1.29 is 18.3 Å². The van der Waals surface area contributed by atoms with Gasteiger partial charge >= 0.3 is 0 Å². The van der Waals surface area contributed by atoms with Gasteiger partial charge < -0.3 is 19.7 Å². The summed E-state index contributed by atoms with van der Waals surface area (Å²) >= 11 is 0. The van der Waals surface area contributed by atoms with Crippen LogP contribution in [0.2, 0.25) is 0 Å². The highest BCUT2D eigenvalue weighted by Gasteiger charge is 2.26. The van der Waals surface area contributed by atoms with Gasteiger partial charge in [0.2, 0.25) is 11.8 Å². The number of nitrogens with zero attached hydrogens (tertiary/aromatic N) is 5. The van der Waals surface area contributed by atoms with Gasteiger partial charge in [-0.3, -0.25) is 4.98 Å². The molecular formula is C23H26F2N6O2. The minimum absolute atomic E-state index is 0.104. The van der Waals surface area contributed by atoms with Crippen LogP contribution in [0.5, 0.6) is 5.88 Å². The Balaban J connectivity index is 1.37. The van der Waals surface area contributed by atoms with Crippen LogP contribution in [0.25, 0.3) is 10.9 Å². The summed E-state index contributed by atoms with van der Waals surface area (Å²) in [6.45, 7) is 2.57. The van der Waals surface area contributed by atoms with Crippen molar-refractivity contribution >= 4 is 22.7 Å². The zero-order valence-corrected chi connectivity index (χ0v) is 18.2. The van der Waals surface area contributed by atoms with Crippen LogP contribution < -0.4 is 15.0 Å². The van der Waals surface area contributed by atoms with E-state index in [0.717, 1.165) is 25.7 Å². The average molecular weight is 456 g/mol. The summed E-state index contributed by atoms with van der Waals surface area (Å²) in [6, 6.07) is 5.13. The van der Waals surface area contributed by atoms with Crippen molar-refractivity contribution in [1.29, 1.82) is 0 Å². The van der Waals surface area contributed by atoms with E-state index in [0.29, 0.717) is 49.0 Å². The Bertz CT molecular complexity index is 1070. The fraction of sp³-hybridized carbons (Fsp3) is 0.478. The minimum atomic E-state index is -2.64. The van der Waals surface area contributed by atoms with E-state index < -0.39 is 6.43 Å². The molecule has 0 unspecified atom stereocenters. The highest BCUT2D eigenvalue weighted by atomic mass is 19.3. The molecule has 3 aromatic heterocycles. The van der Waals surface area contributed by atoms with Crippen LogP contribution in [0.1, 0.15) is 37.7 Å². The lowest BCUT2D eigenvalue weighted by Crippen LogP contribution is -2.37. The molecule has 3 aromatic rings. The Morgan fingerprint density at radius 1 is 1.03 bits per heavy atom. The summed E-state index contributed by atoms with van der Waals surface area (Å²) in [7, 11) is 0. The lowest BCUT2D eigenvalue weighted by molar-refractivity contribution is 0.122. The van der Waals surface area contributed by atoms with Crippen LogP contribution in [-0.4, -0.2) is 58.4 Å². The zero-order valence-electron chi connectivity index (χ0n) is 18.2. The van der Waals surface area contributed by atoms with Gasteiger partial charge in [-0.05, 0) is 37.8 Å². The van der Waals surface area contributed by atoms with Crippen molar-refractivity contribution in [2.75, 3.05) is 36.5 Å². The van der Waals surface area contributed by atoms with Crippen LogP contribution >= 0.6 is 0 Å². The topological polar surface area (TPSA) is 85.3 Å². The molecule has 0 spiro atoms. The fourth-order valence-corrected chi connectivity index (χ4v) is 4.41. The minimum Gasteiger partial charge on any atom is -0.474 e. The standard InChI is InChI=1S/C23H26F2N6O2/c24-21(25)17-6-9-26-18-14-19(31-10-12-32-13-11-31)30-22(20(17)18)33-16-4-2-15(3-5-16)29-23-27-7-1-8-28-23/h1,6-9,14-16,21H,2-5,10-13H2,(H,27,28,29). The molecule has 1 saturated heterocycles. The first-order valence-electron chi connectivity index (χ1n) is 11.3. The number of alkyl halides is 2. The van der Waals surface area contributed by atoms with Crippen LogP contribution in [-0.2, 0) is 4.74 Å². The van der Waals surface area contributed by atoms with E-state index in [1.165, 1.54) is 12.3 Å². The summed E-state index contributed by atoms with van der Waals surface area (Å²) in [4.78, 5) is 19.6. The zero-order chi connectivity index (χ0) is 22.6.